The van der Waals surface area contributed by atoms with Crippen LogP contribution in [0.15, 0.2) is 24.3 Å². The number of amides is 1. The molecule has 0 bridgehead atoms. The Labute approximate surface area is 126 Å². The minimum absolute atomic E-state index is 0.0208. The molecule has 0 heterocycles. The van der Waals surface area contributed by atoms with Gasteiger partial charge in [-0.3, -0.25) is 4.79 Å². The lowest BCUT2D eigenvalue weighted by Gasteiger charge is -2.26. The lowest BCUT2D eigenvalue weighted by molar-refractivity contribution is -0.123. The van der Waals surface area contributed by atoms with Crippen LogP contribution in [0.1, 0.15) is 38.2 Å². The van der Waals surface area contributed by atoms with Crippen molar-refractivity contribution in [1.29, 1.82) is 0 Å². The zero-order valence-corrected chi connectivity index (χ0v) is 12.7. The van der Waals surface area contributed by atoms with Crippen LogP contribution >= 0.6 is 0 Å². The lowest BCUT2D eigenvalue weighted by Crippen LogP contribution is -2.40. The molecule has 0 atom stereocenters. The molecule has 1 aromatic rings. The molecule has 1 aromatic carbocycles. The molecule has 0 saturated heterocycles. The van der Waals surface area contributed by atoms with E-state index < -0.39 is 0 Å². The standard InChI is InChI=1S/C17H25NO3/c1-2-14-5-7-15(8-6-14)21-11-16(20)18-12-17(13-19)9-3-4-10-17/h5-8,19H,2-4,9-13H2,1H3,(H,18,20). The van der Waals surface area contributed by atoms with Crippen molar-refractivity contribution in [3.05, 3.63) is 29.8 Å². The number of rotatable bonds is 7. The molecule has 0 radical (unpaired) electrons. The highest BCUT2D eigenvalue weighted by Gasteiger charge is 2.33. The monoisotopic (exact) mass is 291 g/mol. The van der Waals surface area contributed by atoms with Crippen molar-refractivity contribution in [2.24, 2.45) is 5.41 Å². The summed E-state index contributed by atoms with van der Waals surface area (Å²) in [6.07, 6.45) is 5.24. The van der Waals surface area contributed by atoms with Crippen LogP contribution in [0.3, 0.4) is 0 Å². The number of nitrogens with one attached hydrogen (secondary N) is 1. The smallest absolute Gasteiger partial charge is 0.257 e. The molecule has 4 nitrogen and oxygen atoms in total. The molecule has 1 fully saturated rings. The number of aliphatic hydroxyl groups excluding tert-OH is 1. The van der Waals surface area contributed by atoms with Crippen molar-refractivity contribution in [2.75, 3.05) is 19.8 Å². The Balaban J connectivity index is 1.74. The summed E-state index contributed by atoms with van der Waals surface area (Å²) in [5.74, 6) is 0.578. The summed E-state index contributed by atoms with van der Waals surface area (Å²) in [4.78, 5) is 11.8. The summed E-state index contributed by atoms with van der Waals surface area (Å²) < 4.78 is 5.47. The third-order valence-electron chi connectivity index (χ3n) is 4.36. The van der Waals surface area contributed by atoms with Gasteiger partial charge in [-0.2, -0.15) is 0 Å². The minimum Gasteiger partial charge on any atom is -0.484 e. The van der Waals surface area contributed by atoms with Gasteiger partial charge in [0.05, 0.1) is 6.61 Å². The fourth-order valence-corrected chi connectivity index (χ4v) is 2.82. The van der Waals surface area contributed by atoms with Gasteiger partial charge in [0.25, 0.3) is 5.91 Å². The molecule has 1 aliphatic carbocycles. The maximum absolute atomic E-state index is 11.8. The van der Waals surface area contributed by atoms with Gasteiger partial charge in [0.1, 0.15) is 5.75 Å². The van der Waals surface area contributed by atoms with Crippen molar-refractivity contribution in [1.82, 2.24) is 5.32 Å². The van der Waals surface area contributed by atoms with Gasteiger partial charge in [-0.05, 0) is 37.0 Å². The first kappa shape index (κ1) is 15.8. The number of aliphatic hydroxyl groups is 1. The number of hydrogen-bond acceptors (Lipinski definition) is 3. The summed E-state index contributed by atoms with van der Waals surface area (Å²) in [6.45, 7) is 2.81. The van der Waals surface area contributed by atoms with Gasteiger partial charge >= 0.3 is 0 Å². The molecule has 1 amide bonds. The average molecular weight is 291 g/mol. The van der Waals surface area contributed by atoms with Crippen LogP contribution in [0.2, 0.25) is 0 Å². The Hall–Kier alpha value is -1.55. The summed E-state index contributed by atoms with van der Waals surface area (Å²) >= 11 is 0. The molecular formula is C17H25NO3. The summed E-state index contributed by atoms with van der Waals surface area (Å²) in [5.41, 5.74) is 1.14. The van der Waals surface area contributed by atoms with Crippen LogP contribution in [0, 0.1) is 5.41 Å². The fraction of sp³-hybridized carbons (Fsp3) is 0.588. The number of hydrogen-bond donors (Lipinski definition) is 2. The van der Waals surface area contributed by atoms with E-state index >= 15 is 0 Å². The van der Waals surface area contributed by atoms with Gasteiger partial charge < -0.3 is 15.2 Å². The van der Waals surface area contributed by atoms with E-state index in [-0.39, 0.29) is 24.5 Å². The van der Waals surface area contributed by atoms with Crippen LogP contribution in [0.5, 0.6) is 5.75 Å². The van der Waals surface area contributed by atoms with Gasteiger partial charge in [-0.15, -0.1) is 0 Å². The summed E-state index contributed by atoms with van der Waals surface area (Å²) in [5, 5.41) is 12.4. The second-order valence-corrected chi connectivity index (χ2v) is 5.93. The SMILES string of the molecule is CCc1ccc(OCC(=O)NCC2(CO)CCCC2)cc1. The Morgan fingerprint density at radius 2 is 1.95 bits per heavy atom. The van der Waals surface area contributed by atoms with E-state index in [1.54, 1.807) is 0 Å². The predicted molar refractivity (Wildman–Crippen MR) is 82.3 cm³/mol. The number of carbonyl (C=O) groups excluding carboxylic acids is 1. The second-order valence-electron chi connectivity index (χ2n) is 5.93. The maximum Gasteiger partial charge on any atom is 0.257 e. The van der Waals surface area contributed by atoms with E-state index in [0.717, 1.165) is 32.1 Å². The topological polar surface area (TPSA) is 58.6 Å². The molecule has 0 aromatic heterocycles. The highest BCUT2D eigenvalue weighted by Crippen LogP contribution is 2.36. The highest BCUT2D eigenvalue weighted by atomic mass is 16.5. The Morgan fingerprint density at radius 3 is 2.52 bits per heavy atom. The Bertz CT molecular complexity index is 450. The van der Waals surface area contributed by atoms with Crippen molar-refractivity contribution in [3.63, 3.8) is 0 Å². The van der Waals surface area contributed by atoms with Gasteiger partial charge in [0, 0.05) is 12.0 Å². The largest absolute Gasteiger partial charge is 0.484 e. The van der Waals surface area contributed by atoms with Gasteiger partial charge in [-0.25, -0.2) is 0 Å². The average Bonchev–Trinajstić information content (AvgIpc) is 3.01. The third-order valence-corrected chi connectivity index (χ3v) is 4.36. The first-order valence-electron chi connectivity index (χ1n) is 7.77. The van der Waals surface area contributed by atoms with E-state index in [4.69, 9.17) is 4.74 Å². The molecule has 1 aliphatic rings. The van der Waals surface area contributed by atoms with E-state index in [0.29, 0.717) is 12.3 Å². The number of ether oxygens (including phenoxy) is 1. The van der Waals surface area contributed by atoms with Crippen LogP contribution in [-0.4, -0.2) is 30.8 Å². The second kappa shape index (κ2) is 7.46. The molecule has 2 rings (SSSR count). The fourth-order valence-electron chi connectivity index (χ4n) is 2.82. The molecule has 0 spiro atoms. The van der Waals surface area contributed by atoms with E-state index in [9.17, 15) is 9.90 Å². The van der Waals surface area contributed by atoms with Gasteiger partial charge in [-0.1, -0.05) is 31.9 Å². The van der Waals surface area contributed by atoms with Crippen LogP contribution in [0.4, 0.5) is 0 Å². The molecule has 1 saturated carbocycles. The third kappa shape index (κ3) is 4.46. The van der Waals surface area contributed by atoms with Gasteiger partial charge in [0.2, 0.25) is 0 Å². The van der Waals surface area contributed by atoms with Crippen LogP contribution in [0.25, 0.3) is 0 Å². The minimum atomic E-state index is -0.130. The molecule has 2 N–H and O–H groups in total. The first-order valence-corrected chi connectivity index (χ1v) is 7.77. The van der Waals surface area contributed by atoms with Crippen LogP contribution in [-0.2, 0) is 11.2 Å². The lowest BCUT2D eigenvalue weighted by atomic mass is 9.87. The summed E-state index contributed by atoms with van der Waals surface area (Å²) in [7, 11) is 0. The van der Waals surface area contributed by atoms with E-state index in [1.807, 2.05) is 24.3 Å². The normalized spacial score (nSPS) is 16.7. The molecule has 116 valence electrons. The molecule has 0 aliphatic heterocycles. The van der Waals surface area contributed by atoms with Crippen LogP contribution < -0.4 is 10.1 Å². The molecular weight excluding hydrogens is 266 g/mol. The van der Waals surface area contributed by atoms with Crippen molar-refractivity contribution >= 4 is 5.91 Å². The molecule has 21 heavy (non-hydrogen) atoms. The van der Waals surface area contributed by atoms with Crippen molar-refractivity contribution in [3.8, 4) is 5.75 Å². The number of aryl methyl sites for hydroxylation is 1. The van der Waals surface area contributed by atoms with Crippen molar-refractivity contribution < 1.29 is 14.6 Å². The maximum atomic E-state index is 11.8. The number of carbonyl (C=O) groups is 1. The molecule has 4 heteroatoms. The van der Waals surface area contributed by atoms with E-state index in [2.05, 4.69) is 12.2 Å². The summed E-state index contributed by atoms with van der Waals surface area (Å²) in [6, 6.07) is 7.79. The predicted octanol–water partition coefficient (Wildman–Crippen LogP) is 2.30. The quantitative estimate of drug-likeness (QED) is 0.810. The molecule has 0 unspecified atom stereocenters. The zero-order valence-electron chi connectivity index (χ0n) is 12.7. The Kier molecular flexibility index (Phi) is 5.62. The van der Waals surface area contributed by atoms with Gasteiger partial charge in [0.15, 0.2) is 6.61 Å². The van der Waals surface area contributed by atoms with Crippen molar-refractivity contribution in [2.45, 2.75) is 39.0 Å². The first-order chi connectivity index (χ1) is 10.2. The zero-order chi connectivity index (χ0) is 15.1. The number of benzene rings is 1. The Morgan fingerprint density at radius 1 is 1.29 bits per heavy atom. The highest BCUT2D eigenvalue weighted by molar-refractivity contribution is 5.77. The van der Waals surface area contributed by atoms with E-state index in [1.165, 1.54) is 5.56 Å².